The van der Waals surface area contributed by atoms with Crippen molar-refractivity contribution in [3.05, 3.63) is 0 Å². The molecule has 1 saturated heterocycles. The van der Waals surface area contributed by atoms with Gasteiger partial charge in [0.05, 0.1) is 0 Å². The number of piperidine rings is 1. The summed E-state index contributed by atoms with van der Waals surface area (Å²) >= 11 is 0. The van der Waals surface area contributed by atoms with E-state index >= 15 is 0 Å². The molecule has 0 aromatic heterocycles. The Bertz CT molecular complexity index is 281. The van der Waals surface area contributed by atoms with Crippen molar-refractivity contribution in [3.8, 4) is 0 Å². The third-order valence-corrected chi connectivity index (χ3v) is 4.48. The minimum absolute atomic E-state index is 0.199. The van der Waals surface area contributed by atoms with E-state index in [1.165, 1.54) is 38.8 Å². The maximum Gasteiger partial charge on any atom is 0.144 e. The molecule has 1 rings (SSSR count). The lowest BCUT2D eigenvalue weighted by atomic mass is 9.86. The highest BCUT2D eigenvalue weighted by atomic mass is 16.4. The van der Waals surface area contributed by atoms with Crippen LogP contribution >= 0.6 is 0 Å². The van der Waals surface area contributed by atoms with Gasteiger partial charge < -0.3 is 15.8 Å². The van der Waals surface area contributed by atoms with Crippen LogP contribution in [-0.2, 0) is 0 Å². The first-order valence-corrected chi connectivity index (χ1v) is 7.70. The number of likely N-dealkylation sites (tertiary alicyclic amines) is 1. The Labute approximate surface area is 118 Å². The second kappa shape index (κ2) is 7.73. The Morgan fingerprint density at radius 3 is 2.53 bits per heavy atom. The molecule has 4 heteroatoms. The van der Waals surface area contributed by atoms with Crippen LogP contribution in [0.5, 0.6) is 0 Å². The van der Waals surface area contributed by atoms with E-state index in [-0.39, 0.29) is 5.41 Å². The van der Waals surface area contributed by atoms with E-state index in [9.17, 15) is 0 Å². The molecule has 4 nitrogen and oxygen atoms in total. The van der Waals surface area contributed by atoms with Crippen LogP contribution in [0.4, 0.5) is 0 Å². The average Bonchev–Trinajstić information content (AvgIpc) is 2.40. The summed E-state index contributed by atoms with van der Waals surface area (Å²) in [6, 6.07) is 0. The van der Waals surface area contributed by atoms with Crippen LogP contribution in [0.3, 0.4) is 0 Å². The SMILES string of the molecule is CCCC1CCN(CCCC(C)(C)C(N)=NO)CC1. The van der Waals surface area contributed by atoms with Crippen molar-refractivity contribution >= 4 is 5.84 Å². The summed E-state index contributed by atoms with van der Waals surface area (Å²) in [6.07, 6.45) is 7.51. The van der Waals surface area contributed by atoms with Crippen molar-refractivity contribution in [2.24, 2.45) is 22.2 Å². The van der Waals surface area contributed by atoms with Gasteiger partial charge in [-0.2, -0.15) is 0 Å². The number of nitrogens with zero attached hydrogens (tertiary/aromatic N) is 2. The molecule has 0 aromatic carbocycles. The fraction of sp³-hybridized carbons (Fsp3) is 0.933. The Hall–Kier alpha value is -0.770. The molecular weight excluding hydrogens is 238 g/mol. The minimum Gasteiger partial charge on any atom is -0.409 e. The topological polar surface area (TPSA) is 61.8 Å². The third-order valence-electron chi connectivity index (χ3n) is 4.48. The van der Waals surface area contributed by atoms with E-state index in [2.05, 4.69) is 17.0 Å². The van der Waals surface area contributed by atoms with Gasteiger partial charge in [-0.1, -0.05) is 38.8 Å². The van der Waals surface area contributed by atoms with Gasteiger partial charge in [0.25, 0.3) is 0 Å². The zero-order chi connectivity index (χ0) is 14.3. The third kappa shape index (κ3) is 5.39. The summed E-state index contributed by atoms with van der Waals surface area (Å²) in [5.41, 5.74) is 5.51. The second-order valence-corrected chi connectivity index (χ2v) is 6.55. The smallest absolute Gasteiger partial charge is 0.144 e. The molecule has 0 radical (unpaired) electrons. The van der Waals surface area contributed by atoms with Crippen LogP contribution in [0.15, 0.2) is 5.16 Å². The van der Waals surface area contributed by atoms with Crippen LogP contribution in [-0.4, -0.2) is 35.6 Å². The molecule has 0 amide bonds. The normalized spacial score (nSPS) is 19.8. The lowest BCUT2D eigenvalue weighted by Gasteiger charge is -2.32. The van der Waals surface area contributed by atoms with Gasteiger partial charge in [0.1, 0.15) is 5.84 Å². The minimum atomic E-state index is -0.199. The lowest BCUT2D eigenvalue weighted by molar-refractivity contribution is 0.172. The molecule has 112 valence electrons. The van der Waals surface area contributed by atoms with E-state index < -0.39 is 0 Å². The van der Waals surface area contributed by atoms with Crippen LogP contribution < -0.4 is 5.73 Å². The number of hydrogen-bond acceptors (Lipinski definition) is 3. The fourth-order valence-electron chi connectivity index (χ4n) is 2.91. The quantitative estimate of drug-likeness (QED) is 0.323. The van der Waals surface area contributed by atoms with Gasteiger partial charge in [0, 0.05) is 5.41 Å². The van der Waals surface area contributed by atoms with E-state index in [1.807, 2.05) is 13.8 Å². The first-order chi connectivity index (χ1) is 8.99. The van der Waals surface area contributed by atoms with Gasteiger partial charge in [-0.15, -0.1) is 0 Å². The van der Waals surface area contributed by atoms with Crippen molar-refractivity contribution in [1.29, 1.82) is 0 Å². The number of oxime groups is 1. The molecule has 1 heterocycles. The lowest BCUT2D eigenvalue weighted by Crippen LogP contribution is -2.36. The molecule has 0 aromatic rings. The molecule has 1 aliphatic heterocycles. The van der Waals surface area contributed by atoms with E-state index in [4.69, 9.17) is 10.9 Å². The van der Waals surface area contributed by atoms with Gasteiger partial charge in [-0.25, -0.2) is 0 Å². The van der Waals surface area contributed by atoms with Crippen molar-refractivity contribution < 1.29 is 5.21 Å². The van der Waals surface area contributed by atoms with Gasteiger partial charge in [0.15, 0.2) is 0 Å². The monoisotopic (exact) mass is 269 g/mol. The van der Waals surface area contributed by atoms with E-state index in [0.29, 0.717) is 5.84 Å². The zero-order valence-corrected chi connectivity index (χ0v) is 12.9. The second-order valence-electron chi connectivity index (χ2n) is 6.55. The Kier molecular flexibility index (Phi) is 6.63. The summed E-state index contributed by atoms with van der Waals surface area (Å²) in [7, 11) is 0. The summed E-state index contributed by atoms with van der Waals surface area (Å²) < 4.78 is 0. The maximum absolute atomic E-state index is 8.75. The Balaban J connectivity index is 2.21. The number of amidine groups is 1. The maximum atomic E-state index is 8.75. The summed E-state index contributed by atoms with van der Waals surface area (Å²) in [6.45, 7) is 9.98. The summed E-state index contributed by atoms with van der Waals surface area (Å²) in [4.78, 5) is 2.56. The van der Waals surface area contributed by atoms with Gasteiger partial charge in [0.2, 0.25) is 0 Å². The van der Waals surface area contributed by atoms with Crippen LogP contribution in [0.2, 0.25) is 0 Å². The molecule has 0 aliphatic carbocycles. The predicted molar refractivity (Wildman–Crippen MR) is 80.5 cm³/mol. The number of hydrogen-bond donors (Lipinski definition) is 2. The highest BCUT2D eigenvalue weighted by Crippen LogP contribution is 2.25. The summed E-state index contributed by atoms with van der Waals surface area (Å²) in [5.74, 6) is 1.30. The van der Waals surface area contributed by atoms with Crippen molar-refractivity contribution in [2.45, 2.75) is 59.3 Å². The Morgan fingerprint density at radius 1 is 1.37 bits per heavy atom. The van der Waals surface area contributed by atoms with E-state index in [1.54, 1.807) is 0 Å². The van der Waals surface area contributed by atoms with Crippen molar-refractivity contribution in [3.63, 3.8) is 0 Å². The predicted octanol–water partition coefficient (Wildman–Crippen LogP) is 3.05. The highest BCUT2D eigenvalue weighted by molar-refractivity contribution is 5.85. The molecule has 19 heavy (non-hydrogen) atoms. The van der Waals surface area contributed by atoms with Gasteiger partial charge in [-0.05, 0) is 51.2 Å². The molecule has 1 fully saturated rings. The van der Waals surface area contributed by atoms with Gasteiger partial charge >= 0.3 is 0 Å². The first kappa shape index (κ1) is 16.3. The summed E-state index contributed by atoms with van der Waals surface area (Å²) in [5, 5.41) is 11.9. The van der Waals surface area contributed by atoms with Crippen LogP contribution in [0, 0.1) is 11.3 Å². The molecule has 3 N–H and O–H groups in total. The molecule has 0 saturated carbocycles. The number of nitrogens with two attached hydrogens (primary N) is 1. The number of rotatable bonds is 7. The molecule has 1 aliphatic rings. The van der Waals surface area contributed by atoms with Crippen LogP contribution in [0.25, 0.3) is 0 Å². The largest absolute Gasteiger partial charge is 0.409 e. The molecule has 0 unspecified atom stereocenters. The zero-order valence-electron chi connectivity index (χ0n) is 12.9. The van der Waals surface area contributed by atoms with Crippen LogP contribution in [0.1, 0.15) is 59.3 Å². The highest BCUT2D eigenvalue weighted by Gasteiger charge is 2.24. The fourth-order valence-corrected chi connectivity index (χ4v) is 2.91. The standard InChI is InChI=1S/C15H31N3O/c1-4-6-13-7-11-18(12-8-13)10-5-9-15(2,3)14(16)17-19/h13,19H,4-12H2,1-3H3,(H2,16,17). The first-order valence-electron chi connectivity index (χ1n) is 7.70. The van der Waals surface area contributed by atoms with E-state index in [0.717, 1.165) is 25.3 Å². The average molecular weight is 269 g/mol. The molecule has 0 bridgehead atoms. The van der Waals surface area contributed by atoms with Gasteiger partial charge in [-0.3, -0.25) is 0 Å². The molecule has 0 spiro atoms. The molecule has 0 atom stereocenters. The Morgan fingerprint density at radius 2 is 2.00 bits per heavy atom. The van der Waals surface area contributed by atoms with Crippen molar-refractivity contribution in [2.75, 3.05) is 19.6 Å². The molecular formula is C15H31N3O. The van der Waals surface area contributed by atoms with Crippen molar-refractivity contribution in [1.82, 2.24) is 4.90 Å².